The average molecular weight is 234 g/mol. The summed E-state index contributed by atoms with van der Waals surface area (Å²) in [7, 11) is 1.49. The van der Waals surface area contributed by atoms with E-state index in [1.54, 1.807) is 0 Å². The molecule has 2 aliphatic rings. The lowest BCUT2D eigenvalue weighted by Crippen LogP contribution is -2.28. The standard InChI is InChI=1S/C11H19NO2.ClH/c1-14-11(13)10-7-12-6-9(10)8-4-2-3-5-8;/h8-10,12H,2-7H2,1H3;1H/t9-,10+;/m0./s1. The molecule has 1 heterocycles. The molecule has 1 saturated carbocycles. The summed E-state index contributed by atoms with van der Waals surface area (Å²) in [6.45, 7) is 1.82. The third kappa shape index (κ3) is 2.64. The van der Waals surface area contributed by atoms with E-state index in [2.05, 4.69) is 5.32 Å². The van der Waals surface area contributed by atoms with Crippen LogP contribution in [0.3, 0.4) is 0 Å². The summed E-state index contributed by atoms with van der Waals surface area (Å²) in [6.07, 6.45) is 5.30. The Hall–Kier alpha value is -0.280. The van der Waals surface area contributed by atoms with Gasteiger partial charge < -0.3 is 10.1 Å². The lowest BCUT2D eigenvalue weighted by atomic mass is 9.83. The Labute approximate surface area is 97.4 Å². The number of nitrogens with one attached hydrogen (secondary N) is 1. The maximum Gasteiger partial charge on any atom is 0.310 e. The van der Waals surface area contributed by atoms with Crippen LogP contribution in [0.15, 0.2) is 0 Å². The molecule has 2 atom stereocenters. The van der Waals surface area contributed by atoms with Crippen LogP contribution in [0, 0.1) is 17.8 Å². The molecule has 3 nitrogen and oxygen atoms in total. The van der Waals surface area contributed by atoms with Crippen molar-refractivity contribution in [1.29, 1.82) is 0 Å². The SMILES string of the molecule is COC(=O)[C@@H]1CNC[C@H]1C1CCCC1.Cl. The molecular formula is C11H20ClNO2. The molecule has 0 aromatic rings. The highest BCUT2D eigenvalue weighted by atomic mass is 35.5. The summed E-state index contributed by atoms with van der Waals surface area (Å²) in [5.41, 5.74) is 0. The second kappa shape index (κ2) is 5.71. The van der Waals surface area contributed by atoms with Gasteiger partial charge in [0.2, 0.25) is 0 Å². The number of rotatable bonds is 2. The quantitative estimate of drug-likeness (QED) is 0.737. The van der Waals surface area contributed by atoms with Crippen LogP contribution in [0.4, 0.5) is 0 Å². The molecule has 1 aliphatic heterocycles. The predicted octanol–water partition coefficient (Wildman–Crippen LogP) is 1.61. The molecule has 2 rings (SSSR count). The predicted molar refractivity (Wildman–Crippen MR) is 61.1 cm³/mol. The fraction of sp³-hybridized carbons (Fsp3) is 0.909. The van der Waals surface area contributed by atoms with Gasteiger partial charge in [-0.15, -0.1) is 12.4 Å². The van der Waals surface area contributed by atoms with Gasteiger partial charge in [-0.3, -0.25) is 4.79 Å². The summed E-state index contributed by atoms with van der Waals surface area (Å²) in [6, 6.07) is 0. The summed E-state index contributed by atoms with van der Waals surface area (Å²) in [5, 5.41) is 3.31. The molecule has 0 spiro atoms. The van der Waals surface area contributed by atoms with Crippen molar-refractivity contribution in [2.45, 2.75) is 25.7 Å². The summed E-state index contributed by atoms with van der Waals surface area (Å²) < 4.78 is 4.85. The Bertz CT molecular complexity index is 217. The minimum atomic E-state index is -0.0214. The van der Waals surface area contributed by atoms with Gasteiger partial charge in [0.1, 0.15) is 0 Å². The van der Waals surface area contributed by atoms with E-state index in [0.29, 0.717) is 5.92 Å². The summed E-state index contributed by atoms with van der Waals surface area (Å²) in [4.78, 5) is 11.5. The number of esters is 1. The van der Waals surface area contributed by atoms with Crippen molar-refractivity contribution < 1.29 is 9.53 Å². The van der Waals surface area contributed by atoms with Gasteiger partial charge in [-0.25, -0.2) is 0 Å². The highest BCUT2D eigenvalue weighted by molar-refractivity contribution is 5.85. The van der Waals surface area contributed by atoms with Crippen LogP contribution in [0.5, 0.6) is 0 Å². The topological polar surface area (TPSA) is 38.3 Å². The molecule has 0 aromatic heterocycles. The van der Waals surface area contributed by atoms with E-state index < -0.39 is 0 Å². The molecule has 2 fully saturated rings. The van der Waals surface area contributed by atoms with Gasteiger partial charge in [-0.05, 0) is 18.4 Å². The van der Waals surface area contributed by atoms with Crippen molar-refractivity contribution in [2.75, 3.05) is 20.2 Å². The lowest BCUT2D eigenvalue weighted by molar-refractivity contribution is -0.146. The number of hydrogen-bond acceptors (Lipinski definition) is 3. The van der Waals surface area contributed by atoms with E-state index in [0.717, 1.165) is 19.0 Å². The van der Waals surface area contributed by atoms with E-state index in [1.807, 2.05) is 0 Å². The second-order valence-corrected chi connectivity index (χ2v) is 4.50. The van der Waals surface area contributed by atoms with Crippen molar-refractivity contribution in [3.8, 4) is 0 Å². The maximum absolute atomic E-state index is 11.5. The Morgan fingerprint density at radius 1 is 1.27 bits per heavy atom. The minimum absolute atomic E-state index is 0. The van der Waals surface area contributed by atoms with E-state index in [-0.39, 0.29) is 24.3 Å². The summed E-state index contributed by atoms with van der Waals surface area (Å²) >= 11 is 0. The first kappa shape index (κ1) is 12.8. The van der Waals surface area contributed by atoms with Crippen LogP contribution in [-0.4, -0.2) is 26.2 Å². The third-order valence-electron chi connectivity index (χ3n) is 3.77. The molecule has 0 aromatic carbocycles. The Morgan fingerprint density at radius 2 is 1.93 bits per heavy atom. The largest absolute Gasteiger partial charge is 0.469 e. The fourth-order valence-electron chi connectivity index (χ4n) is 2.99. The Balaban J connectivity index is 0.00000112. The molecule has 15 heavy (non-hydrogen) atoms. The monoisotopic (exact) mass is 233 g/mol. The van der Waals surface area contributed by atoms with Crippen LogP contribution < -0.4 is 5.32 Å². The summed E-state index contributed by atoms with van der Waals surface area (Å²) in [5.74, 6) is 1.38. The van der Waals surface area contributed by atoms with Gasteiger partial charge in [-0.2, -0.15) is 0 Å². The van der Waals surface area contributed by atoms with Crippen molar-refractivity contribution in [3.63, 3.8) is 0 Å². The molecule has 0 amide bonds. The number of methoxy groups -OCH3 is 1. The molecule has 0 radical (unpaired) electrons. The normalized spacial score (nSPS) is 31.3. The first-order chi connectivity index (χ1) is 6.83. The van der Waals surface area contributed by atoms with Gasteiger partial charge in [0.25, 0.3) is 0 Å². The molecule has 88 valence electrons. The average Bonchev–Trinajstić information content (AvgIpc) is 2.85. The molecule has 1 N–H and O–H groups in total. The van der Waals surface area contributed by atoms with E-state index in [1.165, 1.54) is 32.8 Å². The van der Waals surface area contributed by atoms with Gasteiger partial charge in [0.15, 0.2) is 0 Å². The van der Waals surface area contributed by atoms with Crippen molar-refractivity contribution in [1.82, 2.24) is 5.32 Å². The maximum atomic E-state index is 11.5. The minimum Gasteiger partial charge on any atom is -0.469 e. The van der Waals surface area contributed by atoms with Gasteiger partial charge in [0, 0.05) is 6.54 Å². The van der Waals surface area contributed by atoms with E-state index in [9.17, 15) is 4.79 Å². The third-order valence-corrected chi connectivity index (χ3v) is 3.77. The van der Waals surface area contributed by atoms with E-state index in [4.69, 9.17) is 4.74 Å². The number of carbonyl (C=O) groups is 1. The molecular weight excluding hydrogens is 214 g/mol. The fourth-order valence-corrected chi connectivity index (χ4v) is 2.99. The van der Waals surface area contributed by atoms with Gasteiger partial charge in [-0.1, -0.05) is 25.7 Å². The van der Waals surface area contributed by atoms with Crippen LogP contribution in [0.25, 0.3) is 0 Å². The van der Waals surface area contributed by atoms with E-state index >= 15 is 0 Å². The first-order valence-corrected chi connectivity index (χ1v) is 5.61. The number of halogens is 1. The molecule has 0 bridgehead atoms. The number of carbonyl (C=O) groups excluding carboxylic acids is 1. The molecule has 1 saturated heterocycles. The van der Waals surface area contributed by atoms with Crippen molar-refractivity contribution in [3.05, 3.63) is 0 Å². The van der Waals surface area contributed by atoms with Crippen LogP contribution in [0.2, 0.25) is 0 Å². The zero-order valence-corrected chi connectivity index (χ0v) is 10.0. The first-order valence-electron chi connectivity index (χ1n) is 5.61. The van der Waals surface area contributed by atoms with Crippen LogP contribution >= 0.6 is 12.4 Å². The smallest absolute Gasteiger partial charge is 0.310 e. The van der Waals surface area contributed by atoms with Crippen LogP contribution in [0.1, 0.15) is 25.7 Å². The molecule has 4 heteroatoms. The van der Waals surface area contributed by atoms with Crippen molar-refractivity contribution in [2.24, 2.45) is 17.8 Å². The lowest BCUT2D eigenvalue weighted by Gasteiger charge is -2.22. The second-order valence-electron chi connectivity index (χ2n) is 4.50. The van der Waals surface area contributed by atoms with Crippen LogP contribution in [-0.2, 0) is 9.53 Å². The molecule has 1 aliphatic carbocycles. The van der Waals surface area contributed by atoms with Gasteiger partial charge in [0.05, 0.1) is 13.0 Å². The highest BCUT2D eigenvalue weighted by Gasteiger charge is 2.39. The van der Waals surface area contributed by atoms with Gasteiger partial charge >= 0.3 is 5.97 Å². The van der Waals surface area contributed by atoms with Crippen molar-refractivity contribution >= 4 is 18.4 Å². The Kier molecular flexibility index (Phi) is 4.87. The molecule has 0 unspecified atom stereocenters. The zero-order chi connectivity index (χ0) is 9.97. The number of hydrogen-bond donors (Lipinski definition) is 1. The highest BCUT2D eigenvalue weighted by Crippen LogP contribution is 2.37. The Morgan fingerprint density at radius 3 is 2.53 bits per heavy atom. The zero-order valence-electron chi connectivity index (χ0n) is 9.20. The number of ether oxygens (including phenoxy) is 1.